The zero-order valence-electron chi connectivity index (χ0n) is 15.5. The van der Waals surface area contributed by atoms with E-state index in [1.165, 1.54) is 18.2 Å². The zero-order chi connectivity index (χ0) is 20.9. The van der Waals surface area contributed by atoms with Crippen LogP contribution in [-0.4, -0.2) is 20.5 Å². The van der Waals surface area contributed by atoms with E-state index in [0.29, 0.717) is 23.5 Å². The van der Waals surface area contributed by atoms with Crippen molar-refractivity contribution in [3.05, 3.63) is 88.5 Å². The van der Waals surface area contributed by atoms with E-state index in [0.717, 1.165) is 11.8 Å². The van der Waals surface area contributed by atoms with E-state index in [9.17, 15) is 18.5 Å². The number of nitro groups is 1. The summed E-state index contributed by atoms with van der Waals surface area (Å²) in [5, 5.41) is 14.2. The summed E-state index contributed by atoms with van der Waals surface area (Å²) in [6.45, 7) is 0.362. The summed E-state index contributed by atoms with van der Waals surface area (Å²) in [6, 6.07) is 19.2. The lowest BCUT2D eigenvalue weighted by atomic mass is 10.2. The second-order valence-corrected chi connectivity index (χ2v) is 7.79. The van der Waals surface area contributed by atoms with Crippen LogP contribution in [0, 0.1) is 10.1 Å². The molecule has 0 aliphatic rings. The standard InChI is InChI=1S/C20H19N3O5S/c1-28-18-9-4-7-16(12-18)21-14-15-6-2-3-11-20(15)22-29(26,27)19-10-5-8-17(13-19)23(24)25/h2-13,21-22H,14H2,1H3. The van der Waals surface area contributed by atoms with Crippen molar-refractivity contribution >= 4 is 27.1 Å². The fourth-order valence-electron chi connectivity index (χ4n) is 2.67. The molecule has 9 heteroatoms. The minimum atomic E-state index is -3.99. The zero-order valence-corrected chi connectivity index (χ0v) is 16.3. The first kappa shape index (κ1) is 20.2. The molecule has 3 aromatic carbocycles. The number of nitro benzene ring substituents is 1. The molecule has 0 aliphatic carbocycles. The Labute approximate surface area is 168 Å². The molecule has 0 aromatic heterocycles. The molecule has 0 heterocycles. The Kier molecular flexibility index (Phi) is 5.99. The van der Waals surface area contributed by atoms with Gasteiger partial charge in [-0.05, 0) is 29.8 Å². The number of nitrogens with one attached hydrogen (secondary N) is 2. The van der Waals surface area contributed by atoms with E-state index in [1.54, 1.807) is 31.4 Å². The molecule has 0 atom stereocenters. The monoisotopic (exact) mass is 413 g/mol. The molecule has 150 valence electrons. The quantitative estimate of drug-likeness (QED) is 0.426. The Morgan fingerprint density at radius 2 is 1.76 bits per heavy atom. The number of hydrogen-bond acceptors (Lipinski definition) is 6. The van der Waals surface area contributed by atoms with Gasteiger partial charge in [-0.15, -0.1) is 0 Å². The number of ether oxygens (including phenoxy) is 1. The molecule has 0 radical (unpaired) electrons. The third kappa shape index (κ3) is 5.02. The highest BCUT2D eigenvalue weighted by Crippen LogP contribution is 2.24. The molecule has 29 heavy (non-hydrogen) atoms. The highest BCUT2D eigenvalue weighted by atomic mass is 32.2. The van der Waals surface area contributed by atoms with Crippen LogP contribution < -0.4 is 14.8 Å². The third-order valence-electron chi connectivity index (χ3n) is 4.15. The summed E-state index contributed by atoms with van der Waals surface area (Å²) < 4.78 is 33.1. The first-order valence-electron chi connectivity index (χ1n) is 8.62. The van der Waals surface area contributed by atoms with Crippen LogP contribution in [0.25, 0.3) is 0 Å². The summed E-state index contributed by atoms with van der Waals surface area (Å²) in [5.41, 5.74) is 1.63. The Balaban J connectivity index is 1.81. The van der Waals surface area contributed by atoms with Crippen molar-refractivity contribution in [2.45, 2.75) is 11.4 Å². The molecule has 0 aliphatic heterocycles. The number of rotatable bonds is 8. The minimum absolute atomic E-state index is 0.178. The smallest absolute Gasteiger partial charge is 0.270 e. The number of para-hydroxylation sites is 1. The van der Waals surface area contributed by atoms with Crippen LogP contribution in [0.2, 0.25) is 0 Å². The van der Waals surface area contributed by atoms with Gasteiger partial charge in [-0.3, -0.25) is 14.8 Å². The maximum Gasteiger partial charge on any atom is 0.270 e. The van der Waals surface area contributed by atoms with Crippen molar-refractivity contribution in [3.63, 3.8) is 0 Å². The highest BCUT2D eigenvalue weighted by Gasteiger charge is 2.19. The van der Waals surface area contributed by atoms with Crippen molar-refractivity contribution < 1.29 is 18.1 Å². The number of benzene rings is 3. The van der Waals surface area contributed by atoms with Crippen molar-refractivity contribution in [2.75, 3.05) is 17.1 Å². The lowest BCUT2D eigenvalue weighted by Gasteiger charge is -2.14. The predicted molar refractivity (Wildman–Crippen MR) is 111 cm³/mol. The van der Waals surface area contributed by atoms with Crippen LogP contribution in [0.4, 0.5) is 17.1 Å². The Hall–Kier alpha value is -3.59. The minimum Gasteiger partial charge on any atom is -0.497 e. The highest BCUT2D eigenvalue weighted by molar-refractivity contribution is 7.92. The average molecular weight is 413 g/mol. The Morgan fingerprint density at radius 3 is 2.52 bits per heavy atom. The molecular weight excluding hydrogens is 394 g/mol. The van der Waals surface area contributed by atoms with Gasteiger partial charge in [0.25, 0.3) is 15.7 Å². The summed E-state index contributed by atoms with van der Waals surface area (Å²) in [6.07, 6.45) is 0. The third-order valence-corrected chi connectivity index (χ3v) is 5.52. The van der Waals surface area contributed by atoms with E-state index in [-0.39, 0.29) is 10.6 Å². The summed E-state index contributed by atoms with van der Waals surface area (Å²) >= 11 is 0. The van der Waals surface area contributed by atoms with Gasteiger partial charge < -0.3 is 10.1 Å². The fraction of sp³-hybridized carbons (Fsp3) is 0.100. The maximum atomic E-state index is 12.7. The van der Waals surface area contributed by atoms with Gasteiger partial charge in [0.05, 0.1) is 22.6 Å². The summed E-state index contributed by atoms with van der Waals surface area (Å²) in [5.74, 6) is 0.703. The summed E-state index contributed by atoms with van der Waals surface area (Å²) in [4.78, 5) is 10.1. The molecular formula is C20H19N3O5S. The van der Waals surface area contributed by atoms with Gasteiger partial charge in [-0.1, -0.05) is 30.3 Å². The average Bonchev–Trinajstić information content (AvgIpc) is 2.73. The van der Waals surface area contributed by atoms with Gasteiger partial charge in [0, 0.05) is 30.4 Å². The van der Waals surface area contributed by atoms with Gasteiger partial charge in [0.15, 0.2) is 0 Å². The molecule has 3 rings (SSSR count). The molecule has 0 amide bonds. The molecule has 0 unspecified atom stereocenters. The van der Waals surface area contributed by atoms with Crippen molar-refractivity contribution in [2.24, 2.45) is 0 Å². The molecule has 2 N–H and O–H groups in total. The van der Waals surface area contributed by atoms with Crippen molar-refractivity contribution in [1.29, 1.82) is 0 Å². The predicted octanol–water partition coefficient (Wildman–Crippen LogP) is 4.02. The van der Waals surface area contributed by atoms with Crippen LogP contribution in [0.1, 0.15) is 5.56 Å². The second-order valence-electron chi connectivity index (χ2n) is 6.10. The van der Waals surface area contributed by atoms with E-state index < -0.39 is 14.9 Å². The molecule has 0 fully saturated rings. The van der Waals surface area contributed by atoms with Gasteiger partial charge in [0.2, 0.25) is 0 Å². The molecule has 0 bridgehead atoms. The molecule has 8 nitrogen and oxygen atoms in total. The van der Waals surface area contributed by atoms with Crippen LogP contribution in [-0.2, 0) is 16.6 Å². The van der Waals surface area contributed by atoms with Gasteiger partial charge in [0.1, 0.15) is 5.75 Å². The molecule has 0 saturated heterocycles. The molecule has 0 saturated carbocycles. The van der Waals surface area contributed by atoms with Gasteiger partial charge in [-0.2, -0.15) is 0 Å². The molecule has 3 aromatic rings. The van der Waals surface area contributed by atoms with E-state index in [2.05, 4.69) is 10.0 Å². The lowest BCUT2D eigenvalue weighted by Crippen LogP contribution is -2.15. The summed E-state index contributed by atoms with van der Waals surface area (Å²) in [7, 11) is -2.41. The Bertz CT molecular complexity index is 1130. The second kappa shape index (κ2) is 8.61. The number of nitrogens with zero attached hydrogens (tertiary/aromatic N) is 1. The maximum absolute atomic E-state index is 12.7. The first-order valence-corrected chi connectivity index (χ1v) is 10.1. The van der Waals surface area contributed by atoms with Crippen LogP contribution in [0.5, 0.6) is 5.75 Å². The lowest BCUT2D eigenvalue weighted by molar-refractivity contribution is -0.385. The SMILES string of the molecule is COc1cccc(NCc2ccccc2NS(=O)(=O)c2cccc([N+](=O)[O-])c2)c1. The number of sulfonamides is 1. The van der Waals surface area contributed by atoms with E-state index in [4.69, 9.17) is 4.74 Å². The van der Waals surface area contributed by atoms with E-state index >= 15 is 0 Å². The largest absolute Gasteiger partial charge is 0.497 e. The van der Waals surface area contributed by atoms with Gasteiger partial charge >= 0.3 is 0 Å². The van der Waals surface area contributed by atoms with Crippen molar-refractivity contribution in [3.8, 4) is 5.75 Å². The Morgan fingerprint density at radius 1 is 1.00 bits per heavy atom. The topological polar surface area (TPSA) is 111 Å². The van der Waals surface area contributed by atoms with Crippen LogP contribution in [0.3, 0.4) is 0 Å². The number of hydrogen-bond donors (Lipinski definition) is 2. The normalized spacial score (nSPS) is 10.9. The molecule has 0 spiro atoms. The van der Waals surface area contributed by atoms with Crippen LogP contribution >= 0.6 is 0 Å². The van der Waals surface area contributed by atoms with Gasteiger partial charge in [-0.25, -0.2) is 8.42 Å². The van der Waals surface area contributed by atoms with Crippen LogP contribution in [0.15, 0.2) is 77.7 Å². The number of non-ortho nitro benzene ring substituents is 1. The fourth-order valence-corrected chi connectivity index (χ4v) is 3.81. The van der Waals surface area contributed by atoms with E-state index in [1.807, 2.05) is 24.3 Å². The number of methoxy groups -OCH3 is 1. The number of anilines is 2. The van der Waals surface area contributed by atoms with Crippen molar-refractivity contribution in [1.82, 2.24) is 0 Å². The first-order chi connectivity index (χ1) is 13.9.